The minimum atomic E-state index is 0.611. The van der Waals surface area contributed by atoms with Gasteiger partial charge in [-0.05, 0) is 24.8 Å². The van der Waals surface area contributed by atoms with Gasteiger partial charge in [0.1, 0.15) is 5.75 Å². The molecule has 0 saturated heterocycles. The molecule has 0 aromatic heterocycles. The first-order valence-electron chi connectivity index (χ1n) is 6.79. The third-order valence-corrected chi connectivity index (χ3v) is 3.65. The largest absolute Gasteiger partial charge is 0.496 e. The van der Waals surface area contributed by atoms with Gasteiger partial charge in [-0.1, -0.05) is 25.3 Å². The first-order chi connectivity index (χ1) is 8.79. The summed E-state index contributed by atoms with van der Waals surface area (Å²) >= 11 is 0. The third-order valence-electron chi connectivity index (χ3n) is 3.65. The molecule has 1 aliphatic carbocycles. The zero-order valence-corrected chi connectivity index (χ0v) is 11.2. The number of ether oxygens (including phenoxy) is 2. The normalized spacial score (nSPS) is 16.7. The zero-order valence-electron chi connectivity index (χ0n) is 11.2. The maximum absolute atomic E-state index is 5.82. The summed E-state index contributed by atoms with van der Waals surface area (Å²) in [6.07, 6.45) is 6.75. The van der Waals surface area contributed by atoms with E-state index in [1.54, 1.807) is 7.11 Å². The standard InChI is InChI=1S/C15H23NO2/c1-17-15-9-14(16)8-7-13(15)11-18-10-12-5-3-2-4-6-12/h7-9,12H,2-6,10-11,16H2,1H3. The van der Waals surface area contributed by atoms with Crippen molar-refractivity contribution < 1.29 is 9.47 Å². The smallest absolute Gasteiger partial charge is 0.126 e. The van der Waals surface area contributed by atoms with Gasteiger partial charge in [0.05, 0.1) is 13.7 Å². The molecule has 0 atom stereocenters. The average Bonchev–Trinajstić information content (AvgIpc) is 2.41. The Morgan fingerprint density at radius 1 is 1.22 bits per heavy atom. The topological polar surface area (TPSA) is 44.5 Å². The van der Waals surface area contributed by atoms with Crippen LogP contribution in [0.2, 0.25) is 0 Å². The van der Waals surface area contributed by atoms with Gasteiger partial charge in [-0.3, -0.25) is 0 Å². The van der Waals surface area contributed by atoms with Gasteiger partial charge < -0.3 is 15.2 Å². The summed E-state index contributed by atoms with van der Waals surface area (Å²) in [5.74, 6) is 1.57. The van der Waals surface area contributed by atoms with E-state index in [-0.39, 0.29) is 0 Å². The lowest BCUT2D eigenvalue weighted by molar-refractivity contribution is 0.0727. The first kappa shape index (κ1) is 13.2. The second-order valence-electron chi connectivity index (χ2n) is 5.09. The number of rotatable bonds is 5. The number of methoxy groups -OCH3 is 1. The van der Waals surface area contributed by atoms with Crippen LogP contribution in [0.25, 0.3) is 0 Å². The van der Waals surface area contributed by atoms with Crippen LogP contribution >= 0.6 is 0 Å². The predicted molar refractivity (Wildman–Crippen MR) is 73.6 cm³/mol. The maximum atomic E-state index is 5.82. The van der Waals surface area contributed by atoms with Gasteiger partial charge in [0.25, 0.3) is 0 Å². The summed E-state index contributed by atoms with van der Waals surface area (Å²) in [5, 5.41) is 0. The van der Waals surface area contributed by atoms with E-state index in [0.717, 1.165) is 29.5 Å². The van der Waals surface area contributed by atoms with E-state index in [1.807, 2.05) is 18.2 Å². The van der Waals surface area contributed by atoms with Gasteiger partial charge in [0.15, 0.2) is 0 Å². The Hall–Kier alpha value is -1.22. The van der Waals surface area contributed by atoms with Gasteiger partial charge in [-0.2, -0.15) is 0 Å². The lowest BCUT2D eigenvalue weighted by Gasteiger charge is -2.21. The highest BCUT2D eigenvalue weighted by Gasteiger charge is 2.13. The molecule has 1 saturated carbocycles. The summed E-state index contributed by atoms with van der Waals surface area (Å²) in [4.78, 5) is 0. The molecular formula is C15H23NO2. The molecule has 0 radical (unpaired) electrons. The van der Waals surface area contributed by atoms with Gasteiger partial charge in [0, 0.05) is 23.9 Å². The van der Waals surface area contributed by atoms with E-state index in [2.05, 4.69) is 0 Å². The lowest BCUT2D eigenvalue weighted by Crippen LogP contribution is -2.13. The molecule has 2 N–H and O–H groups in total. The summed E-state index contributed by atoms with van der Waals surface area (Å²) in [6, 6.07) is 5.72. The van der Waals surface area contributed by atoms with Crippen molar-refractivity contribution in [3.05, 3.63) is 23.8 Å². The highest BCUT2D eigenvalue weighted by Crippen LogP contribution is 2.25. The molecule has 2 rings (SSSR count). The molecule has 0 bridgehead atoms. The van der Waals surface area contributed by atoms with Crippen LogP contribution < -0.4 is 10.5 Å². The summed E-state index contributed by atoms with van der Waals surface area (Å²) in [6.45, 7) is 1.48. The molecule has 1 aliphatic rings. The highest BCUT2D eigenvalue weighted by atomic mass is 16.5. The third kappa shape index (κ3) is 3.64. The van der Waals surface area contributed by atoms with Crippen LogP contribution in [-0.4, -0.2) is 13.7 Å². The number of hydrogen-bond donors (Lipinski definition) is 1. The Labute approximate surface area is 109 Å². The van der Waals surface area contributed by atoms with Crippen molar-refractivity contribution >= 4 is 5.69 Å². The fraction of sp³-hybridized carbons (Fsp3) is 0.600. The fourth-order valence-electron chi connectivity index (χ4n) is 2.57. The van der Waals surface area contributed by atoms with Crippen molar-refractivity contribution in [2.75, 3.05) is 19.5 Å². The zero-order chi connectivity index (χ0) is 12.8. The van der Waals surface area contributed by atoms with Crippen molar-refractivity contribution in [2.24, 2.45) is 5.92 Å². The van der Waals surface area contributed by atoms with Gasteiger partial charge >= 0.3 is 0 Å². The fourth-order valence-corrected chi connectivity index (χ4v) is 2.57. The van der Waals surface area contributed by atoms with Crippen LogP contribution in [-0.2, 0) is 11.3 Å². The van der Waals surface area contributed by atoms with Crippen molar-refractivity contribution in [1.29, 1.82) is 0 Å². The van der Waals surface area contributed by atoms with E-state index in [0.29, 0.717) is 6.61 Å². The number of anilines is 1. The molecule has 0 unspecified atom stereocenters. The second-order valence-corrected chi connectivity index (χ2v) is 5.09. The van der Waals surface area contributed by atoms with E-state index >= 15 is 0 Å². The molecule has 0 spiro atoms. The van der Waals surface area contributed by atoms with Crippen LogP contribution in [0.15, 0.2) is 18.2 Å². The molecule has 18 heavy (non-hydrogen) atoms. The Morgan fingerprint density at radius 2 is 2.00 bits per heavy atom. The van der Waals surface area contributed by atoms with Crippen molar-refractivity contribution in [1.82, 2.24) is 0 Å². The van der Waals surface area contributed by atoms with E-state index in [1.165, 1.54) is 32.1 Å². The van der Waals surface area contributed by atoms with Crippen LogP contribution in [0, 0.1) is 5.92 Å². The minimum absolute atomic E-state index is 0.611. The van der Waals surface area contributed by atoms with E-state index in [9.17, 15) is 0 Å². The molecule has 3 nitrogen and oxygen atoms in total. The van der Waals surface area contributed by atoms with Crippen LogP contribution in [0.3, 0.4) is 0 Å². The molecule has 0 heterocycles. The van der Waals surface area contributed by atoms with Gasteiger partial charge in [0.2, 0.25) is 0 Å². The van der Waals surface area contributed by atoms with E-state index < -0.39 is 0 Å². The summed E-state index contributed by atoms with van der Waals surface area (Å²) in [5.41, 5.74) is 7.52. The molecule has 3 heteroatoms. The molecule has 100 valence electrons. The number of nitrogens with two attached hydrogens (primary N) is 1. The van der Waals surface area contributed by atoms with Crippen molar-refractivity contribution in [3.8, 4) is 5.75 Å². The predicted octanol–water partition coefficient (Wildman–Crippen LogP) is 3.37. The van der Waals surface area contributed by atoms with E-state index in [4.69, 9.17) is 15.2 Å². The molecular weight excluding hydrogens is 226 g/mol. The number of nitrogen functional groups attached to an aromatic ring is 1. The number of hydrogen-bond acceptors (Lipinski definition) is 3. The van der Waals surface area contributed by atoms with Crippen LogP contribution in [0.1, 0.15) is 37.7 Å². The summed E-state index contributed by atoms with van der Waals surface area (Å²) < 4.78 is 11.1. The van der Waals surface area contributed by atoms with Crippen LogP contribution in [0.4, 0.5) is 5.69 Å². The average molecular weight is 249 g/mol. The minimum Gasteiger partial charge on any atom is -0.496 e. The Bertz CT molecular complexity index is 373. The Morgan fingerprint density at radius 3 is 2.72 bits per heavy atom. The quantitative estimate of drug-likeness (QED) is 0.814. The highest BCUT2D eigenvalue weighted by molar-refractivity contribution is 5.48. The summed E-state index contributed by atoms with van der Waals surface area (Å²) in [7, 11) is 1.67. The van der Waals surface area contributed by atoms with Crippen molar-refractivity contribution in [3.63, 3.8) is 0 Å². The molecule has 1 fully saturated rings. The molecule has 0 aliphatic heterocycles. The lowest BCUT2D eigenvalue weighted by atomic mass is 9.90. The number of benzene rings is 1. The van der Waals surface area contributed by atoms with Gasteiger partial charge in [-0.25, -0.2) is 0 Å². The molecule has 1 aromatic carbocycles. The second kappa shape index (κ2) is 6.64. The Kier molecular flexibility index (Phi) is 4.88. The maximum Gasteiger partial charge on any atom is 0.126 e. The first-order valence-corrected chi connectivity index (χ1v) is 6.79. The van der Waals surface area contributed by atoms with Crippen LogP contribution in [0.5, 0.6) is 5.75 Å². The van der Waals surface area contributed by atoms with Gasteiger partial charge in [-0.15, -0.1) is 0 Å². The molecule has 1 aromatic rings. The molecule has 0 amide bonds. The Balaban J connectivity index is 1.82. The monoisotopic (exact) mass is 249 g/mol. The van der Waals surface area contributed by atoms with Crippen molar-refractivity contribution in [2.45, 2.75) is 38.7 Å². The SMILES string of the molecule is COc1cc(N)ccc1COCC1CCCCC1.